The Bertz CT molecular complexity index is 1100. The lowest BCUT2D eigenvalue weighted by Gasteiger charge is -2.10. The largest absolute Gasteiger partial charge is 0.505 e. The van der Waals surface area contributed by atoms with Crippen molar-refractivity contribution in [2.45, 2.75) is 0 Å². The summed E-state index contributed by atoms with van der Waals surface area (Å²) in [4.78, 5) is 26.5. The number of rotatable bonds is 5. The number of aromatic nitrogens is 1. The minimum Gasteiger partial charge on any atom is -0.505 e. The van der Waals surface area contributed by atoms with Crippen molar-refractivity contribution >= 4 is 22.6 Å². The van der Waals surface area contributed by atoms with E-state index in [0.29, 0.717) is 33.8 Å². The van der Waals surface area contributed by atoms with Crippen molar-refractivity contribution in [2.75, 3.05) is 13.3 Å². The van der Waals surface area contributed by atoms with E-state index in [1.807, 2.05) is 0 Å². The van der Waals surface area contributed by atoms with Gasteiger partial charge in [-0.1, -0.05) is 0 Å². The van der Waals surface area contributed by atoms with E-state index in [4.69, 9.17) is 19.3 Å². The molecule has 142 valence electrons. The SMILES string of the molecule is O=C(O)CNC(=O)c1ncc2cc(Oc3ccc4c(c3)OCO4)ccc2c1O. The number of fused-ring (bicyclic) bond motifs is 2. The van der Waals surface area contributed by atoms with Gasteiger partial charge < -0.3 is 29.7 Å². The third kappa shape index (κ3) is 3.32. The quantitative estimate of drug-likeness (QED) is 0.613. The van der Waals surface area contributed by atoms with Crippen molar-refractivity contribution in [2.24, 2.45) is 0 Å². The van der Waals surface area contributed by atoms with Gasteiger partial charge >= 0.3 is 5.97 Å². The van der Waals surface area contributed by atoms with Crippen molar-refractivity contribution in [3.05, 3.63) is 48.3 Å². The van der Waals surface area contributed by atoms with Crippen LogP contribution in [0.25, 0.3) is 10.8 Å². The molecule has 1 aliphatic rings. The summed E-state index contributed by atoms with van der Waals surface area (Å²) in [5, 5.41) is 22.0. The molecule has 28 heavy (non-hydrogen) atoms. The number of carbonyl (C=O) groups excluding carboxylic acids is 1. The van der Waals surface area contributed by atoms with Crippen LogP contribution in [-0.2, 0) is 4.79 Å². The molecule has 0 unspecified atom stereocenters. The van der Waals surface area contributed by atoms with Crippen molar-refractivity contribution in [3.8, 4) is 28.7 Å². The highest BCUT2D eigenvalue weighted by molar-refractivity contribution is 6.02. The Morgan fingerprint density at radius 1 is 1.11 bits per heavy atom. The summed E-state index contributed by atoms with van der Waals surface area (Å²) in [7, 11) is 0. The van der Waals surface area contributed by atoms with Crippen LogP contribution in [0.15, 0.2) is 42.6 Å². The van der Waals surface area contributed by atoms with Gasteiger partial charge in [0, 0.05) is 23.0 Å². The first-order chi connectivity index (χ1) is 13.5. The Balaban J connectivity index is 1.58. The molecule has 1 aliphatic heterocycles. The molecule has 9 nitrogen and oxygen atoms in total. The first-order valence-corrected chi connectivity index (χ1v) is 8.20. The van der Waals surface area contributed by atoms with E-state index in [1.54, 1.807) is 36.4 Å². The molecule has 0 spiro atoms. The average Bonchev–Trinajstić information content (AvgIpc) is 3.14. The third-order valence-electron chi connectivity index (χ3n) is 4.03. The van der Waals surface area contributed by atoms with Crippen LogP contribution in [0, 0.1) is 0 Å². The summed E-state index contributed by atoms with van der Waals surface area (Å²) in [5.74, 6) is -0.0270. The fourth-order valence-electron chi connectivity index (χ4n) is 2.73. The lowest BCUT2D eigenvalue weighted by Crippen LogP contribution is -2.29. The van der Waals surface area contributed by atoms with Gasteiger partial charge in [0.15, 0.2) is 22.9 Å². The van der Waals surface area contributed by atoms with Gasteiger partial charge in [-0.3, -0.25) is 9.59 Å². The van der Waals surface area contributed by atoms with Crippen LogP contribution >= 0.6 is 0 Å². The predicted octanol–water partition coefficient (Wildman–Crippen LogP) is 2.28. The molecule has 0 aliphatic carbocycles. The van der Waals surface area contributed by atoms with E-state index in [2.05, 4.69) is 10.3 Å². The Morgan fingerprint density at radius 2 is 1.86 bits per heavy atom. The molecule has 1 amide bonds. The Labute approximate surface area is 158 Å². The molecule has 0 radical (unpaired) electrons. The van der Waals surface area contributed by atoms with Crippen LogP contribution in [0.4, 0.5) is 0 Å². The highest BCUT2D eigenvalue weighted by Crippen LogP contribution is 2.37. The van der Waals surface area contributed by atoms with Crippen LogP contribution in [-0.4, -0.2) is 40.4 Å². The van der Waals surface area contributed by atoms with Crippen molar-refractivity contribution in [1.82, 2.24) is 10.3 Å². The van der Waals surface area contributed by atoms with E-state index in [0.717, 1.165) is 0 Å². The second kappa shape index (κ2) is 6.95. The van der Waals surface area contributed by atoms with E-state index in [9.17, 15) is 14.7 Å². The van der Waals surface area contributed by atoms with Crippen LogP contribution in [0.2, 0.25) is 0 Å². The first-order valence-electron chi connectivity index (χ1n) is 8.20. The van der Waals surface area contributed by atoms with E-state index >= 15 is 0 Å². The van der Waals surface area contributed by atoms with E-state index in [-0.39, 0.29) is 18.2 Å². The number of pyridine rings is 1. The lowest BCUT2D eigenvalue weighted by molar-refractivity contribution is -0.135. The normalized spacial score (nSPS) is 12.0. The number of benzene rings is 2. The lowest BCUT2D eigenvalue weighted by atomic mass is 10.1. The number of carboxylic acid groups (broad SMARTS) is 1. The molecule has 0 bridgehead atoms. The molecular formula is C19H14N2O7. The number of amides is 1. The topological polar surface area (TPSA) is 127 Å². The number of nitrogens with one attached hydrogen (secondary N) is 1. The fourth-order valence-corrected chi connectivity index (χ4v) is 2.73. The number of aliphatic carboxylic acids is 1. The molecule has 1 aromatic heterocycles. The molecule has 3 aromatic rings. The Kier molecular flexibility index (Phi) is 4.32. The number of aromatic hydroxyl groups is 1. The third-order valence-corrected chi connectivity index (χ3v) is 4.03. The molecule has 4 rings (SSSR count). The number of ether oxygens (including phenoxy) is 3. The molecule has 3 N–H and O–H groups in total. The monoisotopic (exact) mass is 382 g/mol. The molecule has 9 heteroatoms. The standard InChI is InChI=1S/C19H14N2O7/c22-16(23)8-21-19(25)17-18(24)13-3-1-11(5-10(13)7-20-17)28-12-2-4-14-15(6-12)27-9-26-14/h1-7,24H,8-9H2,(H,21,25)(H,22,23). The number of hydrogen-bond donors (Lipinski definition) is 3. The number of carboxylic acids is 1. The molecule has 2 aromatic carbocycles. The summed E-state index contributed by atoms with van der Waals surface area (Å²) in [5.41, 5.74) is -0.252. The number of carbonyl (C=O) groups is 2. The molecule has 0 fully saturated rings. The van der Waals surface area contributed by atoms with Crippen molar-refractivity contribution in [1.29, 1.82) is 0 Å². The average molecular weight is 382 g/mol. The molecular weight excluding hydrogens is 368 g/mol. The smallest absolute Gasteiger partial charge is 0.322 e. The zero-order chi connectivity index (χ0) is 19.7. The zero-order valence-electron chi connectivity index (χ0n) is 14.3. The van der Waals surface area contributed by atoms with Crippen molar-refractivity contribution < 1.29 is 34.0 Å². The zero-order valence-corrected chi connectivity index (χ0v) is 14.3. The maximum absolute atomic E-state index is 12.0. The number of hydrogen-bond acceptors (Lipinski definition) is 7. The van der Waals surface area contributed by atoms with Crippen LogP contribution in [0.5, 0.6) is 28.7 Å². The summed E-state index contributed by atoms with van der Waals surface area (Å²) in [6.45, 7) is -0.400. The first kappa shape index (κ1) is 17.4. The highest BCUT2D eigenvalue weighted by Gasteiger charge is 2.17. The summed E-state index contributed by atoms with van der Waals surface area (Å²) in [6, 6.07) is 10.1. The Morgan fingerprint density at radius 3 is 2.68 bits per heavy atom. The van der Waals surface area contributed by atoms with Gasteiger partial charge in [0.25, 0.3) is 5.91 Å². The minimum atomic E-state index is -1.20. The van der Waals surface area contributed by atoms with Gasteiger partial charge in [-0.25, -0.2) is 4.98 Å². The van der Waals surface area contributed by atoms with Crippen molar-refractivity contribution in [3.63, 3.8) is 0 Å². The van der Waals surface area contributed by atoms with Crippen LogP contribution in [0.1, 0.15) is 10.5 Å². The summed E-state index contributed by atoms with van der Waals surface area (Å²) >= 11 is 0. The van der Waals surface area contributed by atoms with Gasteiger partial charge in [0.2, 0.25) is 6.79 Å². The van der Waals surface area contributed by atoms with Gasteiger partial charge in [0.1, 0.15) is 18.0 Å². The molecule has 2 heterocycles. The predicted molar refractivity (Wildman–Crippen MR) is 96.0 cm³/mol. The maximum Gasteiger partial charge on any atom is 0.322 e. The second-order valence-corrected chi connectivity index (χ2v) is 5.90. The molecule has 0 atom stereocenters. The van der Waals surface area contributed by atoms with Gasteiger partial charge in [0.05, 0.1) is 0 Å². The van der Waals surface area contributed by atoms with Crippen LogP contribution in [0.3, 0.4) is 0 Å². The summed E-state index contributed by atoms with van der Waals surface area (Å²) in [6.07, 6.45) is 1.40. The molecule has 0 saturated heterocycles. The Hall–Kier alpha value is -4.01. The highest BCUT2D eigenvalue weighted by atomic mass is 16.7. The van der Waals surface area contributed by atoms with E-state index < -0.39 is 18.4 Å². The number of nitrogens with zero attached hydrogens (tertiary/aromatic N) is 1. The second-order valence-electron chi connectivity index (χ2n) is 5.90. The maximum atomic E-state index is 12.0. The van der Waals surface area contributed by atoms with Gasteiger partial charge in [-0.05, 0) is 30.3 Å². The molecule has 0 saturated carbocycles. The van der Waals surface area contributed by atoms with Crippen LogP contribution < -0.4 is 19.5 Å². The van der Waals surface area contributed by atoms with E-state index in [1.165, 1.54) is 6.20 Å². The summed E-state index contributed by atoms with van der Waals surface area (Å²) < 4.78 is 16.4. The van der Waals surface area contributed by atoms with Gasteiger partial charge in [-0.15, -0.1) is 0 Å². The fraction of sp³-hybridized carbons (Fsp3) is 0.105. The van der Waals surface area contributed by atoms with Gasteiger partial charge in [-0.2, -0.15) is 0 Å². The minimum absolute atomic E-state index is 0.169.